The number of anilines is 2. The molecule has 0 fully saturated rings. The van der Waals surface area contributed by atoms with Crippen molar-refractivity contribution in [2.24, 2.45) is 0 Å². The first kappa shape index (κ1) is 12.9. The van der Waals surface area contributed by atoms with Crippen LogP contribution in [-0.4, -0.2) is 10.9 Å². The van der Waals surface area contributed by atoms with Crippen molar-refractivity contribution in [3.05, 3.63) is 53.4 Å². The Bertz CT molecular complexity index is 621. The van der Waals surface area contributed by atoms with E-state index >= 15 is 0 Å². The van der Waals surface area contributed by atoms with E-state index in [0.717, 1.165) is 12.3 Å². The van der Waals surface area contributed by atoms with Crippen LogP contribution >= 0.6 is 0 Å². The number of nitrogens with two attached hydrogens (primary N) is 1. The van der Waals surface area contributed by atoms with Crippen LogP contribution in [0.2, 0.25) is 0 Å². The van der Waals surface area contributed by atoms with Crippen LogP contribution in [0.3, 0.4) is 0 Å². The molecule has 2 aromatic rings. The summed E-state index contributed by atoms with van der Waals surface area (Å²) in [5, 5.41) is 2.32. The first-order valence-corrected chi connectivity index (χ1v) is 5.45. The Morgan fingerprint density at radius 2 is 2.05 bits per heavy atom. The highest BCUT2D eigenvalue weighted by Crippen LogP contribution is 2.19. The van der Waals surface area contributed by atoms with Crippen LogP contribution in [0, 0.1) is 18.6 Å². The Kier molecular flexibility index (Phi) is 3.41. The summed E-state index contributed by atoms with van der Waals surface area (Å²) in [6.45, 7) is 1.51. The molecule has 0 aliphatic carbocycles. The lowest BCUT2D eigenvalue weighted by atomic mass is 10.1. The lowest BCUT2D eigenvalue weighted by Gasteiger charge is -2.08. The van der Waals surface area contributed by atoms with E-state index in [9.17, 15) is 13.6 Å². The number of rotatable bonds is 2. The Morgan fingerprint density at radius 1 is 1.32 bits per heavy atom. The summed E-state index contributed by atoms with van der Waals surface area (Å²) in [4.78, 5) is 15.4. The topological polar surface area (TPSA) is 68.0 Å². The van der Waals surface area contributed by atoms with Crippen LogP contribution < -0.4 is 11.1 Å². The third kappa shape index (κ3) is 2.67. The number of carbonyl (C=O) groups excluding carboxylic acids is 1. The van der Waals surface area contributed by atoms with E-state index in [1.54, 1.807) is 0 Å². The molecule has 0 bridgehead atoms. The van der Waals surface area contributed by atoms with Gasteiger partial charge in [-0.1, -0.05) is 0 Å². The summed E-state index contributed by atoms with van der Waals surface area (Å²) < 4.78 is 26.8. The number of pyridine rings is 1. The molecule has 4 nitrogen and oxygen atoms in total. The average molecular weight is 263 g/mol. The molecule has 1 amide bonds. The first-order chi connectivity index (χ1) is 8.99. The lowest BCUT2D eigenvalue weighted by molar-refractivity contribution is 0.102. The summed E-state index contributed by atoms with van der Waals surface area (Å²) in [5.74, 6) is -1.90. The molecule has 0 saturated heterocycles. The van der Waals surface area contributed by atoms with Crippen molar-refractivity contribution in [3.63, 3.8) is 0 Å². The fourth-order valence-corrected chi connectivity index (χ4v) is 1.50. The molecule has 0 unspecified atom stereocenters. The Labute approximate surface area is 108 Å². The number of carbonyl (C=O) groups is 1. The van der Waals surface area contributed by atoms with Gasteiger partial charge in [0.15, 0.2) is 5.82 Å². The SMILES string of the molecule is Cc1c(N)cc(C(=O)Nc2ccncc2F)cc1F. The number of hydrogen-bond acceptors (Lipinski definition) is 3. The van der Waals surface area contributed by atoms with Crippen LogP contribution in [0.25, 0.3) is 0 Å². The van der Waals surface area contributed by atoms with E-state index in [-0.39, 0.29) is 22.5 Å². The Balaban J connectivity index is 2.28. The molecule has 2 rings (SSSR count). The highest BCUT2D eigenvalue weighted by molar-refractivity contribution is 6.04. The number of halogens is 2. The van der Waals surface area contributed by atoms with E-state index in [4.69, 9.17) is 5.73 Å². The summed E-state index contributed by atoms with van der Waals surface area (Å²) in [5.41, 5.74) is 6.01. The minimum atomic E-state index is -0.670. The van der Waals surface area contributed by atoms with Gasteiger partial charge in [-0.2, -0.15) is 0 Å². The molecule has 0 radical (unpaired) electrons. The van der Waals surface area contributed by atoms with Gasteiger partial charge >= 0.3 is 0 Å². The molecule has 6 heteroatoms. The van der Waals surface area contributed by atoms with Gasteiger partial charge in [-0.3, -0.25) is 9.78 Å². The third-order valence-electron chi connectivity index (χ3n) is 2.67. The van der Waals surface area contributed by atoms with Crippen molar-refractivity contribution in [2.75, 3.05) is 11.1 Å². The van der Waals surface area contributed by atoms with Crippen molar-refractivity contribution in [1.82, 2.24) is 4.98 Å². The van der Waals surface area contributed by atoms with Gasteiger partial charge in [-0.15, -0.1) is 0 Å². The predicted molar refractivity (Wildman–Crippen MR) is 67.7 cm³/mol. The largest absolute Gasteiger partial charge is 0.398 e. The average Bonchev–Trinajstić information content (AvgIpc) is 2.38. The number of amides is 1. The number of benzene rings is 1. The fourth-order valence-electron chi connectivity index (χ4n) is 1.50. The monoisotopic (exact) mass is 263 g/mol. The van der Waals surface area contributed by atoms with E-state index < -0.39 is 17.5 Å². The maximum Gasteiger partial charge on any atom is 0.255 e. The maximum absolute atomic E-state index is 13.5. The van der Waals surface area contributed by atoms with E-state index in [2.05, 4.69) is 10.3 Å². The molecule has 1 aromatic heterocycles. The van der Waals surface area contributed by atoms with Gasteiger partial charge in [0, 0.05) is 23.0 Å². The Hall–Kier alpha value is -2.50. The fraction of sp³-hybridized carbons (Fsp3) is 0.0769. The van der Waals surface area contributed by atoms with E-state index in [0.29, 0.717) is 0 Å². The second kappa shape index (κ2) is 5.01. The van der Waals surface area contributed by atoms with Crippen LogP contribution in [0.5, 0.6) is 0 Å². The van der Waals surface area contributed by atoms with Gasteiger partial charge in [0.25, 0.3) is 5.91 Å². The van der Waals surface area contributed by atoms with Crippen molar-refractivity contribution in [2.45, 2.75) is 6.92 Å². The van der Waals surface area contributed by atoms with E-state index in [1.165, 1.54) is 25.3 Å². The van der Waals surface area contributed by atoms with Gasteiger partial charge in [0.05, 0.1) is 11.9 Å². The molecule has 0 spiro atoms. The highest BCUT2D eigenvalue weighted by Gasteiger charge is 2.13. The quantitative estimate of drug-likeness (QED) is 0.818. The first-order valence-electron chi connectivity index (χ1n) is 5.45. The van der Waals surface area contributed by atoms with Crippen LogP contribution in [0.1, 0.15) is 15.9 Å². The third-order valence-corrected chi connectivity index (χ3v) is 2.67. The van der Waals surface area contributed by atoms with Gasteiger partial charge in [0.2, 0.25) is 0 Å². The molecular weight excluding hydrogens is 252 g/mol. The molecule has 98 valence electrons. The predicted octanol–water partition coefficient (Wildman–Crippen LogP) is 2.50. The van der Waals surface area contributed by atoms with Crippen molar-refractivity contribution >= 4 is 17.3 Å². The van der Waals surface area contributed by atoms with E-state index in [1.807, 2.05) is 0 Å². The zero-order chi connectivity index (χ0) is 14.0. The second-order valence-electron chi connectivity index (χ2n) is 3.98. The van der Waals surface area contributed by atoms with Crippen molar-refractivity contribution in [3.8, 4) is 0 Å². The molecule has 0 aliphatic heterocycles. The number of aromatic nitrogens is 1. The van der Waals surface area contributed by atoms with Gasteiger partial charge in [0.1, 0.15) is 5.82 Å². The zero-order valence-electron chi connectivity index (χ0n) is 10.1. The standard InChI is InChI=1S/C13H11F2N3O/c1-7-9(14)4-8(5-11(7)16)13(19)18-12-2-3-17-6-10(12)15/h2-6H,16H2,1H3,(H,17,18,19). The second-order valence-corrected chi connectivity index (χ2v) is 3.98. The maximum atomic E-state index is 13.5. The summed E-state index contributed by atoms with van der Waals surface area (Å²) in [6, 6.07) is 3.70. The number of hydrogen-bond donors (Lipinski definition) is 2. The van der Waals surface area contributed by atoms with Crippen LogP contribution in [0.4, 0.5) is 20.2 Å². The summed E-state index contributed by atoms with van der Waals surface area (Å²) in [6.07, 6.45) is 2.31. The summed E-state index contributed by atoms with van der Waals surface area (Å²) >= 11 is 0. The number of nitrogens with zero attached hydrogens (tertiary/aromatic N) is 1. The lowest BCUT2D eigenvalue weighted by Crippen LogP contribution is -2.14. The molecule has 19 heavy (non-hydrogen) atoms. The molecule has 0 saturated carbocycles. The number of nitrogens with one attached hydrogen (secondary N) is 1. The van der Waals surface area contributed by atoms with Crippen LogP contribution in [0.15, 0.2) is 30.6 Å². The van der Waals surface area contributed by atoms with Gasteiger partial charge < -0.3 is 11.1 Å². The summed E-state index contributed by atoms with van der Waals surface area (Å²) in [7, 11) is 0. The van der Waals surface area contributed by atoms with Gasteiger partial charge in [-0.25, -0.2) is 8.78 Å². The normalized spacial score (nSPS) is 10.3. The molecular formula is C13H11F2N3O. The molecule has 3 N–H and O–H groups in total. The van der Waals surface area contributed by atoms with Crippen molar-refractivity contribution < 1.29 is 13.6 Å². The smallest absolute Gasteiger partial charge is 0.255 e. The number of nitrogen functional groups attached to an aromatic ring is 1. The molecule has 1 aromatic carbocycles. The molecule has 0 aliphatic rings. The minimum Gasteiger partial charge on any atom is -0.398 e. The molecule has 1 heterocycles. The van der Waals surface area contributed by atoms with Gasteiger partial charge in [-0.05, 0) is 25.1 Å². The Morgan fingerprint density at radius 3 is 2.68 bits per heavy atom. The van der Waals surface area contributed by atoms with Crippen LogP contribution in [-0.2, 0) is 0 Å². The molecule has 0 atom stereocenters. The van der Waals surface area contributed by atoms with Crippen molar-refractivity contribution in [1.29, 1.82) is 0 Å². The minimum absolute atomic E-state index is 0.0248. The zero-order valence-corrected chi connectivity index (χ0v) is 10.1. The highest BCUT2D eigenvalue weighted by atomic mass is 19.1.